The molecule has 122 valence electrons. The molecule has 0 bridgehead atoms. The number of carbonyl (C=O) groups excluding carboxylic acids is 1. The SMILES string of the molecule is CNS(=O)(=O)c1cc(C(=O)Nc2ccc(C)c(C)c2)ccc1Cl. The Labute approximate surface area is 140 Å². The number of carbonyl (C=O) groups is 1. The third-order valence-electron chi connectivity index (χ3n) is 3.52. The zero-order valence-electron chi connectivity index (χ0n) is 13.0. The summed E-state index contributed by atoms with van der Waals surface area (Å²) in [6.07, 6.45) is 0. The fourth-order valence-electron chi connectivity index (χ4n) is 1.98. The molecule has 0 saturated carbocycles. The largest absolute Gasteiger partial charge is 0.322 e. The normalized spacial score (nSPS) is 11.3. The molecule has 2 rings (SSSR count). The van der Waals surface area contributed by atoms with Gasteiger partial charge in [-0.05, 0) is 62.4 Å². The van der Waals surface area contributed by atoms with Crippen LogP contribution in [0.25, 0.3) is 0 Å². The van der Waals surface area contributed by atoms with Crippen LogP contribution in [0, 0.1) is 13.8 Å². The molecule has 0 atom stereocenters. The van der Waals surface area contributed by atoms with Gasteiger partial charge >= 0.3 is 0 Å². The van der Waals surface area contributed by atoms with Crippen molar-refractivity contribution in [3.05, 3.63) is 58.1 Å². The maximum absolute atomic E-state index is 12.3. The maximum Gasteiger partial charge on any atom is 0.255 e. The lowest BCUT2D eigenvalue weighted by atomic mass is 10.1. The number of rotatable bonds is 4. The molecule has 7 heteroatoms. The standard InChI is InChI=1S/C16H17ClN2O3S/c1-10-4-6-13(8-11(10)2)19-16(20)12-5-7-14(17)15(9-12)23(21,22)18-3/h4-9,18H,1-3H3,(H,19,20). The molecule has 2 N–H and O–H groups in total. The molecule has 1 amide bonds. The molecule has 0 spiro atoms. The highest BCUT2D eigenvalue weighted by atomic mass is 35.5. The fraction of sp³-hybridized carbons (Fsp3) is 0.188. The van der Waals surface area contributed by atoms with Crippen molar-refractivity contribution in [1.29, 1.82) is 0 Å². The van der Waals surface area contributed by atoms with Crippen LogP contribution in [0.2, 0.25) is 5.02 Å². The van der Waals surface area contributed by atoms with E-state index in [-0.39, 0.29) is 15.5 Å². The van der Waals surface area contributed by atoms with Crippen LogP contribution in [0.5, 0.6) is 0 Å². The van der Waals surface area contributed by atoms with Crippen molar-refractivity contribution in [3.8, 4) is 0 Å². The van der Waals surface area contributed by atoms with Crippen molar-refractivity contribution in [3.63, 3.8) is 0 Å². The summed E-state index contributed by atoms with van der Waals surface area (Å²) in [6, 6.07) is 9.68. The molecule has 0 aromatic heterocycles. The minimum absolute atomic E-state index is 0.0575. The summed E-state index contributed by atoms with van der Waals surface area (Å²) in [5, 5.41) is 2.80. The van der Waals surface area contributed by atoms with Gasteiger partial charge in [0.05, 0.1) is 5.02 Å². The number of nitrogens with one attached hydrogen (secondary N) is 2. The molecule has 0 unspecified atom stereocenters. The Hall–Kier alpha value is -1.89. The second-order valence-corrected chi connectivity index (χ2v) is 7.37. The molecule has 2 aromatic rings. The first kappa shape index (κ1) is 17.5. The third-order valence-corrected chi connectivity index (χ3v) is 5.41. The monoisotopic (exact) mass is 352 g/mol. The van der Waals surface area contributed by atoms with Crippen LogP contribution >= 0.6 is 11.6 Å². The van der Waals surface area contributed by atoms with Crippen molar-refractivity contribution >= 4 is 33.2 Å². The van der Waals surface area contributed by atoms with E-state index < -0.39 is 15.9 Å². The molecule has 0 aliphatic carbocycles. The van der Waals surface area contributed by atoms with Crippen LogP contribution in [0.15, 0.2) is 41.3 Å². The molecule has 0 aliphatic heterocycles. The van der Waals surface area contributed by atoms with Gasteiger partial charge in [0.1, 0.15) is 4.90 Å². The number of benzene rings is 2. The number of halogens is 1. The fourth-order valence-corrected chi connectivity index (χ4v) is 3.23. The van der Waals surface area contributed by atoms with Gasteiger partial charge in [-0.1, -0.05) is 17.7 Å². The van der Waals surface area contributed by atoms with Crippen LogP contribution in [0.4, 0.5) is 5.69 Å². The molecular weight excluding hydrogens is 336 g/mol. The van der Waals surface area contributed by atoms with Crippen molar-refractivity contribution in [1.82, 2.24) is 4.72 Å². The van der Waals surface area contributed by atoms with E-state index in [2.05, 4.69) is 10.0 Å². The molecule has 0 aliphatic rings. The summed E-state index contributed by atoms with van der Waals surface area (Å²) < 4.78 is 26.0. The van der Waals surface area contributed by atoms with Gasteiger partial charge in [-0.3, -0.25) is 4.79 Å². The first-order valence-corrected chi connectivity index (χ1v) is 8.72. The van der Waals surface area contributed by atoms with Crippen LogP contribution in [-0.2, 0) is 10.0 Å². The van der Waals surface area contributed by atoms with Gasteiger partial charge < -0.3 is 5.32 Å². The van der Waals surface area contributed by atoms with Gasteiger partial charge in [0.2, 0.25) is 10.0 Å². The maximum atomic E-state index is 12.3. The highest BCUT2D eigenvalue weighted by Crippen LogP contribution is 2.23. The van der Waals surface area contributed by atoms with E-state index in [9.17, 15) is 13.2 Å². The first-order valence-electron chi connectivity index (χ1n) is 6.86. The van der Waals surface area contributed by atoms with Gasteiger partial charge in [0, 0.05) is 11.3 Å². The number of sulfonamides is 1. The Morgan fingerprint density at radius 3 is 2.35 bits per heavy atom. The highest BCUT2D eigenvalue weighted by molar-refractivity contribution is 7.89. The topological polar surface area (TPSA) is 75.3 Å². The molecule has 5 nitrogen and oxygen atoms in total. The lowest BCUT2D eigenvalue weighted by Gasteiger charge is -2.10. The Bertz CT molecular complexity index is 864. The van der Waals surface area contributed by atoms with E-state index in [1.807, 2.05) is 26.0 Å². The molecule has 0 radical (unpaired) electrons. The van der Waals surface area contributed by atoms with Crippen LogP contribution < -0.4 is 10.0 Å². The van der Waals surface area contributed by atoms with Gasteiger partial charge in [-0.15, -0.1) is 0 Å². The number of anilines is 1. The summed E-state index contributed by atoms with van der Waals surface area (Å²) in [5.41, 5.74) is 3.03. The molecule has 0 heterocycles. The second-order valence-electron chi connectivity index (χ2n) is 5.11. The van der Waals surface area contributed by atoms with E-state index in [1.165, 1.54) is 25.2 Å². The smallest absolute Gasteiger partial charge is 0.255 e. The van der Waals surface area contributed by atoms with E-state index in [4.69, 9.17) is 11.6 Å². The minimum atomic E-state index is -3.73. The van der Waals surface area contributed by atoms with E-state index in [0.29, 0.717) is 5.69 Å². The zero-order valence-corrected chi connectivity index (χ0v) is 14.5. The number of hydrogen-bond donors (Lipinski definition) is 2. The van der Waals surface area contributed by atoms with Crippen LogP contribution in [-0.4, -0.2) is 21.4 Å². The van der Waals surface area contributed by atoms with Crippen LogP contribution in [0.3, 0.4) is 0 Å². The third kappa shape index (κ3) is 3.90. The van der Waals surface area contributed by atoms with E-state index >= 15 is 0 Å². The lowest BCUT2D eigenvalue weighted by molar-refractivity contribution is 0.102. The summed E-state index contributed by atoms with van der Waals surface area (Å²) >= 11 is 5.91. The average molecular weight is 353 g/mol. The summed E-state index contributed by atoms with van der Waals surface area (Å²) in [4.78, 5) is 12.2. The Morgan fingerprint density at radius 1 is 1.04 bits per heavy atom. The average Bonchev–Trinajstić information content (AvgIpc) is 2.51. The van der Waals surface area contributed by atoms with Crippen molar-refractivity contribution < 1.29 is 13.2 Å². The molecule has 23 heavy (non-hydrogen) atoms. The van der Waals surface area contributed by atoms with Gasteiger partial charge in [-0.2, -0.15) is 0 Å². The number of hydrogen-bond acceptors (Lipinski definition) is 3. The first-order chi connectivity index (χ1) is 10.7. The van der Waals surface area contributed by atoms with Crippen molar-refractivity contribution in [2.75, 3.05) is 12.4 Å². The van der Waals surface area contributed by atoms with Gasteiger partial charge in [0.15, 0.2) is 0 Å². The van der Waals surface area contributed by atoms with E-state index in [1.54, 1.807) is 6.07 Å². The summed E-state index contributed by atoms with van der Waals surface area (Å²) in [5.74, 6) is -0.405. The molecule has 0 saturated heterocycles. The van der Waals surface area contributed by atoms with Crippen molar-refractivity contribution in [2.45, 2.75) is 18.7 Å². The molecular formula is C16H17ClN2O3S. The highest BCUT2D eigenvalue weighted by Gasteiger charge is 2.18. The number of aryl methyl sites for hydroxylation is 2. The van der Waals surface area contributed by atoms with Crippen molar-refractivity contribution in [2.24, 2.45) is 0 Å². The summed E-state index contributed by atoms with van der Waals surface area (Å²) in [6.45, 7) is 3.93. The van der Waals surface area contributed by atoms with Gasteiger partial charge in [0.25, 0.3) is 5.91 Å². The predicted octanol–water partition coefficient (Wildman–Crippen LogP) is 3.12. The number of amides is 1. The quantitative estimate of drug-likeness (QED) is 0.887. The lowest BCUT2D eigenvalue weighted by Crippen LogP contribution is -2.20. The summed E-state index contributed by atoms with van der Waals surface area (Å²) in [7, 11) is -2.45. The molecule has 2 aromatic carbocycles. The second kappa shape index (κ2) is 6.70. The Morgan fingerprint density at radius 2 is 1.74 bits per heavy atom. The predicted molar refractivity (Wildman–Crippen MR) is 91.6 cm³/mol. The van der Waals surface area contributed by atoms with E-state index in [0.717, 1.165) is 11.1 Å². The molecule has 0 fully saturated rings. The zero-order chi connectivity index (χ0) is 17.2. The van der Waals surface area contributed by atoms with Crippen LogP contribution in [0.1, 0.15) is 21.5 Å². The van der Waals surface area contributed by atoms with Gasteiger partial charge in [-0.25, -0.2) is 13.1 Å². The Kier molecular flexibility index (Phi) is 5.09. The minimum Gasteiger partial charge on any atom is -0.322 e. The Balaban J connectivity index is 2.33.